The van der Waals surface area contributed by atoms with Crippen molar-refractivity contribution in [2.24, 2.45) is 0 Å². The number of carbonyl (C=O) groups is 1. The Morgan fingerprint density at radius 1 is 1.78 bits per heavy atom. The summed E-state index contributed by atoms with van der Waals surface area (Å²) in [7, 11) is 0. The molecule has 3 heteroatoms. The van der Waals surface area contributed by atoms with Gasteiger partial charge in [-0.2, -0.15) is 0 Å². The Labute approximate surface area is 67.0 Å². The summed E-state index contributed by atoms with van der Waals surface area (Å²) >= 11 is 1.75. The van der Waals surface area contributed by atoms with Gasteiger partial charge in [0.1, 0.15) is 0 Å². The molecule has 0 fully saturated rings. The molecule has 0 aromatic rings. The van der Waals surface area contributed by atoms with E-state index in [0.717, 1.165) is 19.3 Å². The molecule has 0 saturated heterocycles. The van der Waals surface area contributed by atoms with Gasteiger partial charge in [-0.1, -0.05) is 0 Å². The Kier molecular flexibility index (Phi) is 5.11. The zero-order valence-corrected chi connectivity index (χ0v) is 7.12. The summed E-state index contributed by atoms with van der Waals surface area (Å²) in [5, 5.41) is 8.41. The number of aliphatic carboxylic acids is 1. The van der Waals surface area contributed by atoms with E-state index >= 15 is 0 Å². The standard InChI is InChI=1S/C6H11O2.Ti/c1-2-3-4-5-6(7)8;/h5H,2-4H2,1H3,(H,7,8);. The van der Waals surface area contributed by atoms with Gasteiger partial charge in [0.2, 0.25) is 0 Å². The van der Waals surface area contributed by atoms with E-state index in [1.54, 1.807) is 20.4 Å². The molecule has 0 bridgehead atoms. The van der Waals surface area contributed by atoms with E-state index in [9.17, 15) is 4.79 Å². The van der Waals surface area contributed by atoms with Crippen molar-refractivity contribution >= 4 is 5.97 Å². The molecule has 1 unspecified atom stereocenters. The van der Waals surface area contributed by atoms with E-state index in [2.05, 4.69) is 6.92 Å². The van der Waals surface area contributed by atoms with Crippen molar-refractivity contribution < 1.29 is 30.3 Å². The first-order valence-corrected chi connectivity index (χ1v) is 4.02. The third-order valence-corrected chi connectivity index (χ3v) is 1.98. The van der Waals surface area contributed by atoms with Gasteiger partial charge in [-0.25, -0.2) is 0 Å². The van der Waals surface area contributed by atoms with Crippen molar-refractivity contribution in [3.63, 3.8) is 0 Å². The van der Waals surface area contributed by atoms with Gasteiger partial charge >= 0.3 is 66.7 Å². The first-order valence-electron chi connectivity index (χ1n) is 3.12. The summed E-state index contributed by atoms with van der Waals surface area (Å²) in [6.07, 6.45) is 2.91. The van der Waals surface area contributed by atoms with E-state index in [1.165, 1.54) is 0 Å². The van der Waals surface area contributed by atoms with Crippen LogP contribution in [0, 0.1) is 0 Å². The molecule has 1 N–H and O–H groups in total. The molecule has 1 atom stereocenters. The van der Waals surface area contributed by atoms with Crippen LogP contribution in [0.1, 0.15) is 26.2 Å². The minimum absolute atomic E-state index is 0.162. The van der Waals surface area contributed by atoms with Gasteiger partial charge in [0.05, 0.1) is 0 Å². The van der Waals surface area contributed by atoms with Gasteiger partial charge < -0.3 is 0 Å². The van der Waals surface area contributed by atoms with Crippen molar-refractivity contribution in [2.75, 3.05) is 0 Å². The molecule has 0 heterocycles. The van der Waals surface area contributed by atoms with E-state index in [0.29, 0.717) is 0 Å². The van der Waals surface area contributed by atoms with E-state index in [-0.39, 0.29) is 4.22 Å². The molecule has 0 aromatic carbocycles. The maximum absolute atomic E-state index is 10.2. The van der Waals surface area contributed by atoms with Crippen molar-refractivity contribution in [3.05, 3.63) is 0 Å². The van der Waals surface area contributed by atoms with E-state index in [4.69, 9.17) is 5.11 Å². The molecule has 0 amide bonds. The molecule has 9 heavy (non-hydrogen) atoms. The molecule has 0 rings (SSSR count). The molecular weight excluding hydrogens is 152 g/mol. The summed E-state index contributed by atoms with van der Waals surface area (Å²) in [6.45, 7) is 2.06. The van der Waals surface area contributed by atoms with Gasteiger partial charge in [0.15, 0.2) is 0 Å². The van der Waals surface area contributed by atoms with Crippen LogP contribution in [0.25, 0.3) is 0 Å². The van der Waals surface area contributed by atoms with Gasteiger partial charge in [0.25, 0.3) is 0 Å². The van der Waals surface area contributed by atoms with Gasteiger partial charge in [-0.05, 0) is 0 Å². The quantitative estimate of drug-likeness (QED) is 0.639. The van der Waals surface area contributed by atoms with Crippen LogP contribution in [0.4, 0.5) is 0 Å². The molecule has 0 spiro atoms. The molecule has 0 aromatic heterocycles. The zero-order chi connectivity index (χ0) is 7.28. The zero-order valence-electron chi connectivity index (χ0n) is 5.55. The van der Waals surface area contributed by atoms with Crippen molar-refractivity contribution in [3.8, 4) is 0 Å². The van der Waals surface area contributed by atoms with Gasteiger partial charge in [0, 0.05) is 0 Å². The van der Waals surface area contributed by atoms with Gasteiger partial charge in [-0.15, -0.1) is 0 Å². The molecular formula is C6H11O2Ti. The summed E-state index contributed by atoms with van der Waals surface area (Å²) in [5.41, 5.74) is 0. The van der Waals surface area contributed by atoms with Crippen molar-refractivity contribution in [1.29, 1.82) is 0 Å². The Balaban J connectivity index is 3.27. The van der Waals surface area contributed by atoms with E-state index in [1.807, 2.05) is 0 Å². The molecule has 2 nitrogen and oxygen atoms in total. The van der Waals surface area contributed by atoms with Crippen molar-refractivity contribution in [2.45, 2.75) is 30.4 Å². The Bertz CT molecular complexity index is 93.1. The van der Waals surface area contributed by atoms with Crippen LogP contribution in [-0.4, -0.2) is 11.1 Å². The van der Waals surface area contributed by atoms with Crippen molar-refractivity contribution in [1.82, 2.24) is 0 Å². The normalized spacial score (nSPS) is 12.9. The average Bonchev–Trinajstić information content (AvgIpc) is 1.82. The first-order chi connectivity index (χ1) is 4.18. The monoisotopic (exact) mass is 163 g/mol. The molecule has 0 saturated carbocycles. The van der Waals surface area contributed by atoms with Crippen LogP contribution in [-0.2, 0) is 25.2 Å². The maximum atomic E-state index is 10.2. The second-order valence-corrected chi connectivity index (χ2v) is 3.12. The number of rotatable bonds is 4. The third kappa shape index (κ3) is 4.67. The average molecular weight is 163 g/mol. The fourth-order valence-electron chi connectivity index (χ4n) is 0.532. The van der Waals surface area contributed by atoms with Crippen LogP contribution in [0.15, 0.2) is 0 Å². The van der Waals surface area contributed by atoms with Crippen LogP contribution >= 0.6 is 0 Å². The molecule has 0 aliphatic heterocycles. The molecule has 0 radical (unpaired) electrons. The Hall–Kier alpha value is 0.184. The predicted molar refractivity (Wildman–Crippen MR) is 30.9 cm³/mol. The molecule has 0 aliphatic carbocycles. The number of carboxylic acid groups (broad SMARTS) is 1. The molecule has 0 aliphatic rings. The SMILES string of the molecule is CCCC[CH]([Ti])C(=O)O. The molecule has 51 valence electrons. The predicted octanol–water partition coefficient (Wildman–Crippen LogP) is 1.60. The van der Waals surface area contributed by atoms with Crippen LogP contribution in [0.2, 0.25) is 4.22 Å². The number of unbranched alkanes of at least 4 members (excludes halogenated alkanes) is 1. The summed E-state index contributed by atoms with van der Waals surface area (Å²) in [4.78, 5) is 10.2. The summed E-state index contributed by atoms with van der Waals surface area (Å²) in [5.74, 6) is -0.677. The topological polar surface area (TPSA) is 37.3 Å². The second kappa shape index (κ2) is 5.01. The Morgan fingerprint density at radius 2 is 2.33 bits per heavy atom. The third-order valence-electron chi connectivity index (χ3n) is 1.14. The van der Waals surface area contributed by atoms with Crippen LogP contribution in [0.5, 0.6) is 0 Å². The minimum atomic E-state index is -0.677. The summed E-state index contributed by atoms with van der Waals surface area (Å²) in [6, 6.07) is 0. The van der Waals surface area contributed by atoms with Gasteiger partial charge in [-0.3, -0.25) is 0 Å². The number of hydrogen-bond donors (Lipinski definition) is 1. The fraction of sp³-hybridized carbons (Fsp3) is 0.833. The number of carboxylic acids is 1. The van der Waals surface area contributed by atoms with Crippen LogP contribution in [0.3, 0.4) is 0 Å². The first kappa shape index (κ1) is 9.18. The summed E-state index contributed by atoms with van der Waals surface area (Å²) < 4.78 is -0.162. The fourth-order valence-corrected chi connectivity index (χ4v) is 0.850. The van der Waals surface area contributed by atoms with E-state index < -0.39 is 5.97 Å². The second-order valence-electron chi connectivity index (χ2n) is 2.03. The Morgan fingerprint density at radius 3 is 2.67 bits per heavy atom. The van der Waals surface area contributed by atoms with Crippen LogP contribution < -0.4 is 0 Å². The number of hydrogen-bond acceptors (Lipinski definition) is 1.